The molecule has 2 heterocycles. The summed E-state index contributed by atoms with van der Waals surface area (Å²) in [5.41, 5.74) is 3.28. The molecule has 0 amide bonds. The highest BCUT2D eigenvalue weighted by Crippen LogP contribution is 2.32. The van der Waals surface area contributed by atoms with Crippen LogP contribution in [-0.2, 0) is 16.1 Å². The highest BCUT2D eigenvalue weighted by atomic mass is 35.5. The van der Waals surface area contributed by atoms with Crippen LogP contribution in [0.25, 0.3) is 16.8 Å². The van der Waals surface area contributed by atoms with Gasteiger partial charge < -0.3 is 9.47 Å². The van der Waals surface area contributed by atoms with Crippen molar-refractivity contribution in [1.29, 1.82) is 0 Å². The summed E-state index contributed by atoms with van der Waals surface area (Å²) < 4.78 is 13.6. The van der Waals surface area contributed by atoms with Gasteiger partial charge in [-0.05, 0) is 52.6 Å². The fourth-order valence-electron chi connectivity index (χ4n) is 5.28. The lowest BCUT2D eigenvalue weighted by Gasteiger charge is -2.25. The van der Waals surface area contributed by atoms with Crippen molar-refractivity contribution in [3.63, 3.8) is 0 Å². The summed E-state index contributed by atoms with van der Waals surface area (Å²) in [6.45, 7) is 2.26. The average molecular weight is 595 g/mol. The van der Waals surface area contributed by atoms with Crippen molar-refractivity contribution in [1.82, 2.24) is 4.57 Å². The number of fused-ring (bicyclic) bond motifs is 2. The van der Waals surface area contributed by atoms with E-state index in [1.807, 2.05) is 104 Å². The molecule has 0 saturated heterocycles. The maximum atomic E-state index is 14.2. The normalized spacial score (nSPS) is 14.9. The summed E-state index contributed by atoms with van der Waals surface area (Å²) in [5.74, 6) is 0.146. The SMILES string of the molecule is CCC1=C(C(=O)OC)[C@H](c2ccccc2)n2c(s/c(=C/c3c(OCc4cccc(Cl)c4)ccc4ccccc34)c2=O)=N1. The van der Waals surface area contributed by atoms with Crippen molar-refractivity contribution >= 4 is 45.8 Å². The van der Waals surface area contributed by atoms with Crippen LogP contribution in [0.5, 0.6) is 5.75 Å². The number of ether oxygens (including phenoxy) is 2. The van der Waals surface area contributed by atoms with E-state index in [0.717, 1.165) is 27.5 Å². The van der Waals surface area contributed by atoms with Crippen LogP contribution in [0.15, 0.2) is 112 Å². The van der Waals surface area contributed by atoms with E-state index in [-0.39, 0.29) is 5.56 Å². The van der Waals surface area contributed by atoms with Crippen LogP contribution in [0.4, 0.5) is 0 Å². The van der Waals surface area contributed by atoms with E-state index in [9.17, 15) is 9.59 Å². The molecule has 0 aliphatic carbocycles. The smallest absolute Gasteiger partial charge is 0.338 e. The molecular weight excluding hydrogens is 568 g/mol. The molecule has 0 N–H and O–H groups in total. The second kappa shape index (κ2) is 11.8. The number of nitrogens with zero attached hydrogens (tertiary/aromatic N) is 2. The van der Waals surface area contributed by atoms with Gasteiger partial charge in [-0.25, -0.2) is 9.79 Å². The van der Waals surface area contributed by atoms with Gasteiger partial charge in [-0.3, -0.25) is 9.36 Å². The number of carbonyl (C=O) groups excluding carboxylic acids is 1. The molecule has 1 aliphatic rings. The van der Waals surface area contributed by atoms with Gasteiger partial charge in [0, 0.05) is 10.6 Å². The van der Waals surface area contributed by atoms with E-state index in [4.69, 9.17) is 26.1 Å². The Balaban J connectivity index is 1.54. The van der Waals surface area contributed by atoms with E-state index in [1.54, 1.807) is 4.57 Å². The van der Waals surface area contributed by atoms with Crippen LogP contribution in [-0.4, -0.2) is 17.6 Å². The first-order chi connectivity index (χ1) is 20.5. The Morgan fingerprint density at radius 3 is 2.57 bits per heavy atom. The zero-order valence-corrected chi connectivity index (χ0v) is 24.6. The van der Waals surface area contributed by atoms with E-state index >= 15 is 0 Å². The number of rotatable bonds is 7. The number of carbonyl (C=O) groups is 1. The van der Waals surface area contributed by atoms with Crippen LogP contribution in [0.1, 0.15) is 36.1 Å². The molecule has 1 atom stereocenters. The van der Waals surface area contributed by atoms with E-state index in [2.05, 4.69) is 0 Å². The molecule has 0 spiro atoms. The number of aromatic nitrogens is 1. The number of allylic oxidation sites excluding steroid dienone is 1. The first-order valence-corrected chi connectivity index (χ1v) is 14.7. The van der Waals surface area contributed by atoms with Gasteiger partial charge in [0.25, 0.3) is 5.56 Å². The minimum absolute atomic E-state index is 0.238. The zero-order chi connectivity index (χ0) is 29.2. The predicted molar refractivity (Wildman–Crippen MR) is 167 cm³/mol. The second-order valence-electron chi connectivity index (χ2n) is 9.82. The molecule has 210 valence electrons. The molecule has 4 aromatic carbocycles. The van der Waals surface area contributed by atoms with Gasteiger partial charge in [0.05, 0.1) is 29.0 Å². The van der Waals surface area contributed by atoms with Gasteiger partial charge >= 0.3 is 5.97 Å². The number of thiazole rings is 1. The lowest BCUT2D eigenvalue weighted by molar-refractivity contribution is -0.136. The number of methoxy groups -OCH3 is 1. The summed E-state index contributed by atoms with van der Waals surface area (Å²) in [7, 11) is 1.35. The van der Waals surface area contributed by atoms with Crippen molar-refractivity contribution in [3.05, 3.63) is 144 Å². The Kier molecular flexibility index (Phi) is 7.78. The van der Waals surface area contributed by atoms with Crippen molar-refractivity contribution in [3.8, 4) is 5.75 Å². The number of halogens is 1. The first kappa shape index (κ1) is 27.7. The average Bonchev–Trinajstić information content (AvgIpc) is 3.33. The minimum Gasteiger partial charge on any atom is -0.488 e. The summed E-state index contributed by atoms with van der Waals surface area (Å²) >= 11 is 7.49. The summed E-state index contributed by atoms with van der Waals surface area (Å²) in [6.07, 6.45) is 2.39. The standard InChI is InChI=1S/C34H27ClN2O4S/c1-3-27-30(33(39)40-2)31(23-12-5-4-6-13-23)37-32(38)29(42-34(37)36-27)19-26-25-15-8-7-11-22(25)16-17-28(26)41-20-21-10-9-14-24(35)18-21/h4-19,31H,3,20H2,1-2H3/b29-19+/t31-/m0/s1. The van der Waals surface area contributed by atoms with Crippen LogP contribution in [0.3, 0.4) is 0 Å². The third-order valence-electron chi connectivity index (χ3n) is 7.26. The molecule has 6 nitrogen and oxygen atoms in total. The fourth-order valence-corrected chi connectivity index (χ4v) is 6.50. The number of esters is 1. The molecule has 6 rings (SSSR count). The molecule has 0 saturated carbocycles. The zero-order valence-electron chi connectivity index (χ0n) is 23.0. The topological polar surface area (TPSA) is 69.9 Å². The second-order valence-corrected chi connectivity index (χ2v) is 11.3. The molecule has 1 aliphatic heterocycles. The van der Waals surface area contributed by atoms with E-state index in [0.29, 0.717) is 44.4 Å². The Bertz CT molecular complexity index is 2030. The molecule has 0 bridgehead atoms. The molecule has 0 radical (unpaired) electrons. The maximum Gasteiger partial charge on any atom is 0.338 e. The largest absolute Gasteiger partial charge is 0.488 e. The molecular formula is C34H27ClN2O4S. The van der Waals surface area contributed by atoms with E-state index in [1.165, 1.54) is 18.4 Å². The molecule has 5 aromatic rings. The number of hydrogen-bond donors (Lipinski definition) is 0. The predicted octanol–water partition coefficient (Wildman–Crippen LogP) is 6.18. The Morgan fingerprint density at radius 2 is 1.81 bits per heavy atom. The maximum absolute atomic E-state index is 14.2. The summed E-state index contributed by atoms with van der Waals surface area (Å²) in [5, 5.41) is 2.62. The lowest BCUT2D eigenvalue weighted by atomic mass is 9.95. The fraction of sp³-hybridized carbons (Fsp3) is 0.147. The minimum atomic E-state index is -0.655. The van der Waals surface area contributed by atoms with Gasteiger partial charge in [0.1, 0.15) is 12.4 Å². The number of benzene rings is 4. The van der Waals surface area contributed by atoms with Gasteiger partial charge in [-0.15, -0.1) is 0 Å². The van der Waals surface area contributed by atoms with Crippen molar-refractivity contribution in [2.75, 3.05) is 7.11 Å². The lowest BCUT2D eigenvalue weighted by Crippen LogP contribution is -2.40. The van der Waals surface area contributed by atoms with Crippen molar-refractivity contribution in [2.24, 2.45) is 4.99 Å². The Hall–Kier alpha value is -4.46. The first-order valence-electron chi connectivity index (χ1n) is 13.6. The van der Waals surface area contributed by atoms with Crippen LogP contribution in [0.2, 0.25) is 5.02 Å². The number of hydrogen-bond acceptors (Lipinski definition) is 6. The van der Waals surface area contributed by atoms with Gasteiger partial charge in [-0.2, -0.15) is 0 Å². The molecule has 8 heteroatoms. The van der Waals surface area contributed by atoms with Gasteiger partial charge in [0.2, 0.25) is 0 Å². The van der Waals surface area contributed by atoms with Gasteiger partial charge in [0.15, 0.2) is 4.80 Å². The molecule has 0 unspecified atom stereocenters. The van der Waals surface area contributed by atoms with Crippen LogP contribution in [0, 0.1) is 0 Å². The van der Waals surface area contributed by atoms with Crippen LogP contribution >= 0.6 is 22.9 Å². The van der Waals surface area contributed by atoms with Gasteiger partial charge in [-0.1, -0.05) is 103 Å². The summed E-state index contributed by atoms with van der Waals surface area (Å²) in [4.78, 5) is 32.5. The van der Waals surface area contributed by atoms with Crippen LogP contribution < -0.4 is 19.6 Å². The molecule has 1 aromatic heterocycles. The molecule has 0 fully saturated rings. The highest BCUT2D eigenvalue weighted by Gasteiger charge is 2.33. The molecule has 42 heavy (non-hydrogen) atoms. The van der Waals surface area contributed by atoms with Crippen molar-refractivity contribution < 1.29 is 14.3 Å². The van der Waals surface area contributed by atoms with E-state index < -0.39 is 12.0 Å². The Morgan fingerprint density at radius 1 is 1.02 bits per heavy atom. The quantitative estimate of drug-likeness (QED) is 0.211. The third-order valence-corrected chi connectivity index (χ3v) is 8.47. The highest BCUT2D eigenvalue weighted by molar-refractivity contribution is 7.07. The monoisotopic (exact) mass is 594 g/mol. The van der Waals surface area contributed by atoms with Crippen molar-refractivity contribution in [2.45, 2.75) is 26.0 Å². The summed E-state index contributed by atoms with van der Waals surface area (Å²) in [6, 6.07) is 28.3. The third kappa shape index (κ3) is 5.17. The Labute approximate surface area is 251 Å².